The highest BCUT2D eigenvalue weighted by Gasteiger charge is 2.15. The summed E-state index contributed by atoms with van der Waals surface area (Å²) in [7, 11) is -3.25. The molecule has 0 bridgehead atoms. The van der Waals surface area contributed by atoms with Crippen molar-refractivity contribution in [1.29, 1.82) is 0 Å². The molecule has 0 aliphatic carbocycles. The third-order valence-electron chi connectivity index (χ3n) is 1.92. The van der Waals surface area contributed by atoms with Crippen molar-refractivity contribution in [3.05, 3.63) is 18.0 Å². The molecule has 0 saturated carbocycles. The van der Waals surface area contributed by atoms with Crippen LogP contribution in [0.5, 0.6) is 0 Å². The average molecular weight is 252 g/mol. The van der Waals surface area contributed by atoms with Gasteiger partial charge in [0, 0.05) is 23.7 Å². The monoisotopic (exact) mass is 251 g/mol. The first kappa shape index (κ1) is 12.5. The second kappa shape index (κ2) is 5.48. The predicted octanol–water partition coefficient (Wildman–Crippen LogP) is 1.02. The van der Waals surface area contributed by atoms with Gasteiger partial charge >= 0.3 is 0 Å². The Labute approximate surface area is 94.3 Å². The van der Waals surface area contributed by atoms with Gasteiger partial charge in [0.15, 0.2) is 0 Å². The Hall–Kier alpha value is -0.590. The summed E-state index contributed by atoms with van der Waals surface area (Å²) >= 11 is 5.44. The van der Waals surface area contributed by atoms with Crippen LogP contribution in [0.2, 0.25) is 0 Å². The van der Waals surface area contributed by atoms with Crippen LogP contribution in [0.4, 0.5) is 0 Å². The molecule has 1 unspecified atom stereocenters. The Morgan fingerprint density at radius 2 is 2.40 bits per heavy atom. The van der Waals surface area contributed by atoms with Gasteiger partial charge in [0.1, 0.15) is 0 Å². The van der Waals surface area contributed by atoms with Gasteiger partial charge in [0.05, 0.1) is 11.9 Å². The van der Waals surface area contributed by atoms with Crippen molar-refractivity contribution < 1.29 is 8.42 Å². The number of H-pyrrole nitrogens is 1. The van der Waals surface area contributed by atoms with Gasteiger partial charge in [0.25, 0.3) is 0 Å². The third kappa shape index (κ3) is 4.19. The zero-order chi connectivity index (χ0) is 11.3. The van der Waals surface area contributed by atoms with Gasteiger partial charge in [-0.2, -0.15) is 5.10 Å². The van der Waals surface area contributed by atoms with Crippen LogP contribution in [-0.2, 0) is 10.0 Å². The normalized spacial score (nSPS) is 14.0. The van der Waals surface area contributed by atoms with E-state index in [2.05, 4.69) is 14.9 Å². The summed E-state index contributed by atoms with van der Waals surface area (Å²) in [6.07, 6.45) is 3.71. The Morgan fingerprint density at radius 1 is 1.67 bits per heavy atom. The second-order valence-electron chi connectivity index (χ2n) is 3.23. The molecule has 7 heteroatoms. The molecule has 1 aromatic heterocycles. The number of rotatable bonds is 6. The van der Waals surface area contributed by atoms with Gasteiger partial charge in [-0.05, 0) is 13.3 Å². The fourth-order valence-electron chi connectivity index (χ4n) is 1.14. The maximum Gasteiger partial charge on any atom is 0.212 e. The first-order valence-corrected chi connectivity index (χ1v) is 6.78. The van der Waals surface area contributed by atoms with E-state index >= 15 is 0 Å². The highest BCUT2D eigenvalue weighted by molar-refractivity contribution is 7.89. The topological polar surface area (TPSA) is 74.8 Å². The van der Waals surface area contributed by atoms with Crippen LogP contribution in [0.3, 0.4) is 0 Å². The number of aromatic amines is 1. The van der Waals surface area contributed by atoms with Crippen LogP contribution in [0.15, 0.2) is 12.4 Å². The lowest BCUT2D eigenvalue weighted by Gasteiger charge is -2.11. The molecule has 15 heavy (non-hydrogen) atoms. The number of nitrogens with one attached hydrogen (secondary N) is 2. The summed E-state index contributed by atoms with van der Waals surface area (Å²) in [5.74, 6) is 0.402. The van der Waals surface area contributed by atoms with Gasteiger partial charge in [-0.15, -0.1) is 11.6 Å². The van der Waals surface area contributed by atoms with Crippen LogP contribution in [0.25, 0.3) is 0 Å². The van der Waals surface area contributed by atoms with Crippen molar-refractivity contribution in [3.8, 4) is 0 Å². The standard InChI is InChI=1S/C8H14ClN3O2S/c1-7(8-5-10-11-6-8)12-15(13,14)4-2-3-9/h5-7,12H,2-4H2,1H3,(H,10,11). The summed E-state index contributed by atoms with van der Waals surface area (Å²) in [6, 6.07) is -0.274. The molecule has 1 heterocycles. The molecular formula is C8H14ClN3O2S. The molecule has 0 fully saturated rings. The van der Waals surface area contributed by atoms with E-state index in [0.717, 1.165) is 5.56 Å². The van der Waals surface area contributed by atoms with Crippen LogP contribution in [0.1, 0.15) is 24.9 Å². The van der Waals surface area contributed by atoms with Crippen molar-refractivity contribution in [2.75, 3.05) is 11.6 Å². The number of hydrogen-bond donors (Lipinski definition) is 2. The number of halogens is 1. The Morgan fingerprint density at radius 3 is 2.93 bits per heavy atom. The molecule has 0 saturated heterocycles. The van der Waals surface area contributed by atoms with Gasteiger partial charge in [0.2, 0.25) is 10.0 Å². The first-order chi connectivity index (χ1) is 7.05. The van der Waals surface area contributed by atoms with Crippen LogP contribution < -0.4 is 4.72 Å². The van der Waals surface area contributed by atoms with Crippen LogP contribution in [-0.4, -0.2) is 30.2 Å². The molecule has 0 aromatic carbocycles. The SMILES string of the molecule is CC(NS(=O)(=O)CCCCl)c1cn[nH]c1. The quantitative estimate of drug-likeness (QED) is 0.742. The van der Waals surface area contributed by atoms with E-state index in [0.29, 0.717) is 12.3 Å². The molecule has 0 aliphatic heterocycles. The highest BCUT2D eigenvalue weighted by atomic mass is 35.5. The van der Waals surface area contributed by atoms with E-state index < -0.39 is 10.0 Å². The molecule has 1 aromatic rings. The van der Waals surface area contributed by atoms with E-state index in [9.17, 15) is 8.42 Å². The number of alkyl halides is 1. The van der Waals surface area contributed by atoms with E-state index in [-0.39, 0.29) is 11.8 Å². The predicted molar refractivity (Wildman–Crippen MR) is 59.3 cm³/mol. The zero-order valence-electron chi connectivity index (χ0n) is 8.40. The maximum absolute atomic E-state index is 11.5. The Kier molecular flexibility index (Phi) is 4.56. The molecule has 1 atom stereocenters. The van der Waals surface area contributed by atoms with Gasteiger partial charge in [-0.25, -0.2) is 13.1 Å². The van der Waals surface area contributed by atoms with Crippen molar-refractivity contribution in [1.82, 2.24) is 14.9 Å². The molecule has 1 rings (SSSR count). The third-order valence-corrected chi connectivity index (χ3v) is 3.73. The molecule has 5 nitrogen and oxygen atoms in total. The van der Waals surface area contributed by atoms with Crippen molar-refractivity contribution in [2.24, 2.45) is 0 Å². The maximum atomic E-state index is 11.5. The minimum atomic E-state index is -3.25. The van der Waals surface area contributed by atoms with Gasteiger partial charge in [-0.3, -0.25) is 5.10 Å². The molecular weight excluding hydrogens is 238 g/mol. The second-order valence-corrected chi connectivity index (χ2v) is 5.48. The number of hydrogen-bond acceptors (Lipinski definition) is 3. The summed E-state index contributed by atoms with van der Waals surface area (Å²) in [6.45, 7) is 1.77. The van der Waals surface area contributed by atoms with E-state index in [1.807, 2.05) is 0 Å². The minimum absolute atomic E-state index is 0.0543. The van der Waals surface area contributed by atoms with Gasteiger partial charge in [-0.1, -0.05) is 0 Å². The largest absolute Gasteiger partial charge is 0.285 e. The fourth-order valence-corrected chi connectivity index (χ4v) is 2.75. The minimum Gasteiger partial charge on any atom is -0.285 e. The lowest BCUT2D eigenvalue weighted by molar-refractivity contribution is 0.566. The first-order valence-electron chi connectivity index (χ1n) is 4.60. The zero-order valence-corrected chi connectivity index (χ0v) is 9.98. The average Bonchev–Trinajstić information content (AvgIpc) is 2.67. The molecule has 0 spiro atoms. The molecule has 2 N–H and O–H groups in total. The van der Waals surface area contributed by atoms with Crippen molar-refractivity contribution in [3.63, 3.8) is 0 Å². The summed E-state index contributed by atoms with van der Waals surface area (Å²) in [5.41, 5.74) is 0.810. The van der Waals surface area contributed by atoms with E-state index in [4.69, 9.17) is 11.6 Å². The molecule has 0 amide bonds. The fraction of sp³-hybridized carbons (Fsp3) is 0.625. The number of nitrogens with zero attached hydrogens (tertiary/aromatic N) is 1. The lowest BCUT2D eigenvalue weighted by atomic mass is 10.2. The smallest absolute Gasteiger partial charge is 0.212 e. The number of aromatic nitrogens is 2. The molecule has 0 radical (unpaired) electrons. The summed E-state index contributed by atoms with van der Waals surface area (Å²) in [4.78, 5) is 0. The summed E-state index contributed by atoms with van der Waals surface area (Å²) in [5, 5.41) is 6.39. The molecule has 0 aliphatic rings. The van der Waals surface area contributed by atoms with Gasteiger partial charge < -0.3 is 0 Å². The van der Waals surface area contributed by atoms with E-state index in [1.165, 1.54) is 0 Å². The number of sulfonamides is 1. The Bertz CT molecular complexity index is 377. The highest BCUT2D eigenvalue weighted by Crippen LogP contribution is 2.10. The molecule has 86 valence electrons. The van der Waals surface area contributed by atoms with E-state index in [1.54, 1.807) is 19.3 Å². The van der Waals surface area contributed by atoms with Crippen molar-refractivity contribution in [2.45, 2.75) is 19.4 Å². The van der Waals surface area contributed by atoms with Crippen LogP contribution in [0, 0.1) is 0 Å². The van der Waals surface area contributed by atoms with Crippen molar-refractivity contribution >= 4 is 21.6 Å². The Balaban J connectivity index is 2.54. The lowest BCUT2D eigenvalue weighted by Crippen LogP contribution is -2.29. The summed E-state index contributed by atoms with van der Waals surface area (Å²) < 4.78 is 25.5. The van der Waals surface area contributed by atoms with Crippen LogP contribution >= 0.6 is 11.6 Å².